The molecule has 0 spiro atoms. The minimum absolute atomic E-state index is 0.131. The van der Waals surface area contributed by atoms with Crippen LogP contribution in [-0.2, 0) is 6.42 Å². The number of fused-ring (bicyclic) bond motifs is 1. The predicted octanol–water partition coefficient (Wildman–Crippen LogP) is 2.50. The maximum atomic E-state index is 13.0. The van der Waals surface area contributed by atoms with Crippen molar-refractivity contribution in [2.45, 2.75) is 44.7 Å². The quantitative estimate of drug-likeness (QED) is 0.713. The molecule has 2 aliphatic rings. The van der Waals surface area contributed by atoms with Gasteiger partial charge in [-0.05, 0) is 50.3 Å². The van der Waals surface area contributed by atoms with Gasteiger partial charge in [0.15, 0.2) is 5.69 Å². The van der Waals surface area contributed by atoms with Crippen molar-refractivity contribution in [2.75, 3.05) is 18.4 Å². The van der Waals surface area contributed by atoms with Gasteiger partial charge in [0.25, 0.3) is 5.91 Å². The molecule has 0 bridgehead atoms. The predicted molar refractivity (Wildman–Crippen MR) is 109 cm³/mol. The fourth-order valence-corrected chi connectivity index (χ4v) is 4.57. The topological polar surface area (TPSA) is 89.7 Å². The van der Waals surface area contributed by atoms with Crippen LogP contribution in [0.5, 0.6) is 0 Å². The minimum Gasteiger partial charge on any atom is -0.315 e. The van der Waals surface area contributed by atoms with E-state index >= 15 is 0 Å². The van der Waals surface area contributed by atoms with E-state index in [-0.39, 0.29) is 18.0 Å². The summed E-state index contributed by atoms with van der Waals surface area (Å²) in [5.74, 6) is 0.443. The molecule has 1 aliphatic heterocycles. The standard InChI is InChI=1S/C21H25N7O/c1-14-20(25-26-27(14)16-9-11-22-13-16)21(29)24-19-10-12-23-28(19)18-8-4-6-15-5-2-3-7-17(15)18/h2-3,5,7,10,12,16,18,22H,4,6,8-9,11,13H2,1H3,(H,24,29). The largest absolute Gasteiger partial charge is 0.315 e. The monoisotopic (exact) mass is 391 g/mol. The molecule has 1 amide bonds. The van der Waals surface area contributed by atoms with Crippen LogP contribution in [0.4, 0.5) is 5.82 Å². The van der Waals surface area contributed by atoms with Crippen molar-refractivity contribution < 1.29 is 4.79 Å². The Morgan fingerprint density at radius 2 is 2.10 bits per heavy atom. The van der Waals surface area contributed by atoms with Crippen LogP contribution < -0.4 is 10.6 Å². The Kier molecular flexibility index (Phi) is 4.63. The van der Waals surface area contributed by atoms with E-state index in [9.17, 15) is 4.79 Å². The second-order valence-electron chi connectivity index (χ2n) is 7.84. The molecule has 150 valence electrons. The minimum atomic E-state index is -0.245. The van der Waals surface area contributed by atoms with Gasteiger partial charge in [0.2, 0.25) is 0 Å². The van der Waals surface area contributed by atoms with Crippen molar-refractivity contribution in [2.24, 2.45) is 0 Å². The lowest BCUT2D eigenvalue weighted by atomic mass is 9.88. The molecule has 2 unspecified atom stereocenters. The number of amides is 1. The average Bonchev–Trinajstić information content (AvgIpc) is 3.48. The molecular formula is C21H25N7O. The van der Waals surface area contributed by atoms with Crippen LogP contribution in [0.15, 0.2) is 36.5 Å². The Hall–Kier alpha value is -3.00. The SMILES string of the molecule is Cc1c(C(=O)Nc2ccnn2C2CCCc3ccccc32)nnn1C1CCNC1. The Bertz CT molecular complexity index is 1030. The summed E-state index contributed by atoms with van der Waals surface area (Å²) in [6, 6.07) is 10.7. The van der Waals surface area contributed by atoms with Gasteiger partial charge >= 0.3 is 0 Å². The van der Waals surface area contributed by atoms with Crippen molar-refractivity contribution >= 4 is 11.7 Å². The van der Waals surface area contributed by atoms with E-state index in [4.69, 9.17) is 0 Å². The summed E-state index contributed by atoms with van der Waals surface area (Å²) < 4.78 is 3.79. The molecule has 2 N–H and O–H groups in total. The molecule has 1 fully saturated rings. The van der Waals surface area contributed by atoms with E-state index in [2.05, 4.69) is 50.3 Å². The summed E-state index contributed by atoms with van der Waals surface area (Å²) in [5.41, 5.74) is 3.81. The number of anilines is 1. The summed E-state index contributed by atoms with van der Waals surface area (Å²) in [4.78, 5) is 13.0. The van der Waals surface area contributed by atoms with Crippen LogP contribution in [0.3, 0.4) is 0 Å². The Balaban J connectivity index is 1.39. The van der Waals surface area contributed by atoms with Gasteiger partial charge < -0.3 is 10.6 Å². The van der Waals surface area contributed by atoms with Crippen LogP contribution in [0, 0.1) is 6.92 Å². The van der Waals surface area contributed by atoms with Gasteiger partial charge in [-0.15, -0.1) is 5.10 Å². The number of nitrogens with one attached hydrogen (secondary N) is 2. The number of aromatic nitrogens is 5. The summed E-state index contributed by atoms with van der Waals surface area (Å²) in [6.45, 7) is 3.73. The maximum Gasteiger partial charge on any atom is 0.279 e. The molecule has 3 heterocycles. The Labute approximate surface area is 169 Å². The molecule has 1 aliphatic carbocycles. The molecule has 2 aromatic heterocycles. The Morgan fingerprint density at radius 3 is 2.97 bits per heavy atom. The normalized spacial score (nSPS) is 21.1. The van der Waals surface area contributed by atoms with E-state index < -0.39 is 0 Å². The zero-order valence-electron chi connectivity index (χ0n) is 16.5. The van der Waals surface area contributed by atoms with Gasteiger partial charge in [-0.2, -0.15) is 5.10 Å². The summed E-state index contributed by atoms with van der Waals surface area (Å²) >= 11 is 0. The number of carbonyl (C=O) groups excluding carboxylic acids is 1. The van der Waals surface area contributed by atoms with Crippen molar-refractivity contribution in [3.8, 4) is 0 Å². The number of rotatable bonds is 4. The highest BCUT2D eigenvalue weighted by Crippen LogP contribution is 2.34. The Morgan fingerprint density at radius 1 is 1.21 bits per heavy atom. The van der Waals surface area contributed by atoms with Gasteiger partial charge in [0, 0.05) is 12.6 Å². The number of hydrogen-bond donors (Lipinski definition) is 2. The number of nitrogens with zero attached hydrogens (tertiary/aromatic N) is 5. The zero-order chi connectivity index (χ0) is 19.8. The first-order valence-electron chi connectivity index (χ1n) is 10.3. The van der Waals surface area contributed by atoms with Crippen molar-refractivity contribution in [1.82, 2.24) is 30.1 Å². The van der Waals surface area contributed by atoms with Crippen molar-refractivity contribution in [1.29, 1.82) is 0 Å². The summed E-state index contributed by atoms with van der Waals surface area (Å²) in [6.07, 6.45) is 5.94. The molecule has 3 aromatic rings. The highest BCUT2D eigenvalue weighted by molar-refractivity contribution is 6.03. The fourth-order valence-electron chi connectivity index (χ4n) is 4.57. The van der Waals surface area contributed by atoms with Gasteiger partial charge in [-0.1, -0.05) is 29.5 Å². The van der Waals surface area contributed by atoms with Crippen LogP contribution in [0.25, 0.3) is 0 Å². The number of aryl methyl sites for hydroxylation is 1. The van der Waals surface area contributed by atoms with Crippen molar-refractivity contribution in [3.63, 3.8) is 0 Å². The first-order valence-corrected chi connectivity index (χ1v) is 10.3. The third kappa shape index (κ3) is 3.23. The van der Waals surface area contributed by atoms with Crippen LogP contribution in [0.1, 0.15) is 58.7 Å². The molecule has 0 saturated carbocycles. The van der Waals surface area contributed by atoms with Gasteiger partial charge in [-0.25, -0.2) is 9.36 Å². The first kappa shape index (κ1) is 18.1. The highest BCUT2D eigenvalue weighted by atomic mass is 16.2. The molecule has 0 radical (unpaired) electrons. The second kappa shape index (κ2) is 7.44. The lowest BCUT2D eigenvalue weighted by Gasteiger charge is -2.27. The van der Waals surface area contributed by atoms with Crippen LogP contribution in [0.2, 0.25) is 0 Å². The van der Waals surface area contributed by atoms with E-state index in [0.717, 1.165) is 44.5 Å². The molecule has 2 atom stereocenters. The lowest BCUT2D eigenvalue weighted by Crippen LogP contribution is -2.23. The van der Waals surface area contributed by atoms with Gasteiger partial charge in [0.1, 0.15) is 5.82 Å². The van der Waals surface area contributed by atoms with Gasteiger partial charge in [0.05, 0.1) is 24.0 Å². The summed E-state index contributed by atoms with van der Waals surface area (Å²) in [7, 11) is 0. The molecule has 1 saturated heterocycles. The van der Waals surface area contributed by atoms with Crippen LogP contribution >= 0.6 is 0 Å². The number of carbonyl (C=O) groups is 1. The first-order chi connectivity index (χ1) is 14.2. The third-order valence-electron chi connectivity index (χ3n) is 6.07. The third-order valence-corrected chi connectivity index (χ3v) is 6.07. The van der Waals surface area contributed by atoms with Gasteiger partial charge in [-0.3, -0.25) is 4.79 Å². The van der Waals surface area contributed by atoms with E-state index in [1.165, 1.54) is 11.1 Å². The number of hydrogen-bond acceptors (Lipinski definition) is 5. The molecule has 8 heteroatoms. The average molecular weight is 391 g/mol. The molecule has 8 nitrogen and oxygen atoms in total. The lowest BCUT2D eigenvalue weighted by molar-refractivity contribution is 0.102. The van der Waals surface area contributed by atoms with Crippen LogP contribution in [-0.4, -0.2) is 43.8 Å². The number of benzene rings is 1. The zero-order valence-corrected chi connectivity index (χ0v) is 16.5. The smallest absolute Gasteiger partial charge is 0.279 e. The molecule has 5 rings (SSSR count). The maximum absolute atomic E-state index is 13.0. The van der Waals surface area contributed by atoms with Crippen molar-refractivity contribution in [3.05, 3.63) is 59.0 Å². The second-order valence-corrected chi connectivity index (χ2v) is 7.84. The van der Waals surface area contributed by atoms with E-state index in [1.807, 2.05) is 22.4 Å². The fraction of sp³-hybridized carbons (Fsp3) is 0.429. The molecule has 1 aromatic carbocycles. The molecular weight excluding hydrogens is 366 g/mol. The highest BCUT2D eigenvalue weighted by Gasteiger charge is 2.27. The molecule has 29 heavy (non-hydrogen) atoms. The summed E-state index contributed by atoms with van der Waals surface area (Å²) in [5, 5.41) is 19.3. The van der Waals surface area contributed by atoms with E-state index in [1.54, 1.807) is 6.20 Å². The van der Waals surface area contributed by atoms with E-state index in [0.29, 0.717) is 11.5 Å².